The number of amides is 1. The quantitative estimate of drug-likeness (QED) is 0.674. The van der Waals surface area contributed by atoms with Gasteiger partial charge in [-0.2, -0.15) is 5.10 Å². The molecule has 6 heteroatoms. The summed E-state index contributed by atoms with van der Waals surface area (Å²) in [6.45, 7) is 2.24. The maximum absolute atomic E-state index is 13.3. The summed E-state index contributed by atoms with van der Waals surface area (Å²) in [6, 6.07) is 16.3. The third kappa shape index (κ3) is 5.13. The van der Waals surface area contributed by atoms with Crippen LogP contribution in [-0.2, 0) is 13.0 Å². The highest BCUT2D eigenvalue weighted by molar-refractivity contribution is 6.02. The van der Waals surface area contributed by atoms with E-state index in [0.717, 1.165) is 23.9 Å². The van der Waals surface area contributed by atoms with Gasteiger partial charge in [0.2, 0.25) is 0 Å². The van der Waals surface area contributed by atoms with Gasteiger partial charge in [0, 0.05) is 11.8 Å². The van der Waals surface area contributed by atoms with Crippen LogP contribution in [0.2, 0.25) is 0 Å². The smallest absolute Gasteiger partial charge is 0.276 e. The van der Waals surface area contributed by atoms with Crippen LogP contribution < -0.4 is 10.9 Å². The highest BCUT2D eigenvalue weighted by Crippen LogP contribution is 2.13. The summed E-state index contributed by atoms with van der Waals surface area (Å²) < 4.78 is 14.5. The lowest BCUT2D eigenvalue weighted by Gasteiger charge is -2.09. The molecule has 3 aromatic rings. The molecule has 0 radical (unpaired) electrons. The van der Waals surface area contributed by atoms with Crippen LogP contribution in [-0.4, -0.2) is 15.7 Å². The van der Waals surface area contributed by atoms with E-state index in [9.17, 15) is 14.0 Å². The lowest BCUT2D eigenvalue weighted by molar-refractivity contribution is 0.102. The third-order valence-electron chi connectivity index (χ3n) is 4.35. The lowest BCUT2D eigenvalue weighted by atomic mass is 10.1. The Morgan fingerprint density at radius 2 is 1.86 bits per heavy atom. The van der Waals surface area contributed by atoms with E-state index in [2.05, 4.69) is 17.3 Å². The predicted octanol–water partition coefficient (Wildman–Crippen LogP) is 4.03. The van der Waals surface area contributed by atoms with Crippen molar-refractivity contribution in [1.82, 2.24) is 9.78 Å². The van der Waals surface area contributed by atoms with Gasteiger partial charge in [-0.05, 0) is 54.3 Å². The van der Waals surface area contributed by atoms with Crippen molar-refractivity contribution in [3.05, 3.63) is 93.7 Å². The van der Waals surface area contributed by atoms with Crippen LogP contribution in [0.1, 0.15) is 41.4 Å². The van der Waals surface area contributed by atoms with Crippen LogP contribution in [0.15, 0.2) is 65.5 Å². The first-order valence-electron chi connectivity index (χ1n) is 9.28. The first kappa shape index (κ1) is 19.5. The number of aryl methyl sites for hydroxylation is 1. The minimum absolute atomic E-state index is 0.0871. The fraction of sp³-hybridized carbons (Fsp3) is 0.227. The van der Waals surface area contributed by atoms with Gasteiger partial charge < -0.3 is 5.32 Å². The van der Waals surface area contributed by atoms with Crippen molar-refractivity contribution in [1.29, 1.82) is 0 Å². The summed E-state index contributed by atoms with van der Waals surface area (Å²) in [6.07, 6.45) is 3.27. The molecule has 3 rings (SSSR count). The minimum atomic E-state index is -0.408. The second-order valence-corrected chi connectivity index (χ2v) is 6.60. The number of anilines is 1. The minimum Gasteiger partial charge on any atom is -0.321 e. The molecule has 0 saturated carbocycles. The number of nitrogens with one attached hydrogen (secondary N) is 1. The van der Waals surface area contributed by atoms with Gasteiger partial charge in [-0.25, -0.2) is 9.07 Å². The fourth-order valence-corrected chi connectivity index (χ4v) is 2.82. The van der Waals surface area contributed by atoms with E-state index >= 15 is 0 Å². The topological polar surface area (TPSA) is 64.0 Å². The Kier molecular flexibility index (Phi) is 6.32. The Balaban J connectivity index is 1.72. The molecule has 144 valence electrons. The maximum atomic E-state index is 13.3. The normalized spacial score (nSPS) is 10.6. The number of carbonyl (C=O) groups excluding carboxylic acids is 1. The second kappa shape index (κ2) is 9.08. The summed E-state index contributed by atoms with van der Waals surface area (Å²) in [5.74, 6) is -0.795. The molecular weight excluding hydrogens is 357 g/mol. The molecule has 1 N–H and O–H groups in total. The summed E-state index contributed by atoms with van der Waals surface area (Å²) in [5, 5.41) is 6.91. The van der Waals surface area contributed by atoms with Crippen molar-refractivity contribution >= 4 is 11.6 Å². The molecule has 1 amide bonds. The van der Waals surface area contributed by atoms with Gasteiger partial charge in [0.25, 0.3) is 11.5 Å². The third-order valence-corrected chi connectivity index (χ3v) is 4.35. The Morgan fingerprint density at radius 1 is 1.07 bits per heavy atom. The average Bonchev–Trinajstić information content (AvgIpc) is 2.69. The van der Waals surface area contributed by atoms with Gasteiger partial charge >= 0.3 is 0 Å². The number of halogens is 1. The number of unbranched alkanes of at least 4 members (excludes halogenated alkanes) is 1. The van der Waals surface area contributed by atoms with Crippen LogP contribution in [0.3, 0.4) is 0 Å². The molecular formula is C22H22FN3O2. The van der Waals surface area contributed by atoms with Gasteiger partial charge in [0.15, 0.2) is 0 Å². The lowest BCUT2D eigenvalue weighted by Crippen LogP contribution is -2.26. The van der Waals surface area contributed by atoms with Crippen LogP contribution >= 0.6 is 0 Å². The largest absolute Gasteiger partial charge is 0.321 e. The highest BCUT2D eigenvalue weighted by atomic mass is 19.1. The van der Waals surface area contributed by atoms with Gasteiger partial charge in [-0.15, -0.1) is 0 Å². The number of hydrogen-bond acceptors (Lipinski definition) is 3. The van der Waals surface area contributed by atoms with Crippen molar-refractivity contribution in [3.8, 4) is 0 Å². The van der Waals surface area contributed by atoms with Gasteiger partial charge in [0.1, 0.15) is 11.5 Å². The monoisotopic (exact) mass is 379 g/mol. The van der Waals surface area contributed by atoms with Crippen molar-refractivity contribution in [2.75, 3.05) is 5.32 Å². The summed E-state index contributed by atoms with van der Waals surface area (Å²) >= 11 is 0. The molecule has 0 aliphatic rings. The second-order valence-electron chi connectivity index (χ2n) is 6.60. The molecule has 0 saturated heterocycles. The molecule has 0 unspecified atom stereocenters. The van der Waals surface area contributed by atoms with E-state index in [1.807, 2.05) is 24.3 Å². The fourth-order valence-electron chi connectivity index (χ4n) is 2.82. The number of carbonyl (C=O) groups is 1. The van der Waals surface area contributed by atoms with Crippen LogP contribution in [0.5, 0.6) is 0 Å². The molecule has 0 spiro atoms. The number of nitrogens with zero attached hydrogens (tertiary/aromatic N) is 2. The summed E-state index contributed by atoms with van der Waals surface area (Å²) in [7, 11) is 0. The Bertz CT molecular complexity index is 1010. The zero-order chi connectivity index (χ0) is 19.9. The molecule has 2 aromatic carbocycles. The summed E-state index contributed by atoms with van der Waals surface area (Å²) in [4.78, 5) is 24.5. The SMILES string of the molecule is CCCCc1ccc(NC(=O)c2ccc(=O)n(Cc3cccc(F)c3)n2)cc1. The van der Waals surface area contributed by atoms with E-state index in [0.29, 0.717) is 11.3 Å². The highest BCUT2D eigenvalue weighted by Gasteiger charge is 2.11. The van der Waals surface area contributed by atoms with Crippen molar-refractivity contribution in [2.45, 2.75) is 32.7 Å². The Morgan fingerprint density at radius 3 is 2.57 bits per heavy atom. The van der Waals surface area contributed by atoms with Crippen molar-refractivity contribution in [3.63, 3.8) is 0 Å². The van der Waals surface area contributed by atoms with Crippen molar-refractivity contribution in [2.24, 2.45) is 0 Å². The molecule has 0 aliphatic carbocycles. The van der Waals surface area contributed by atoms with Gasteiger partial charge in [-0.1, -0.05) is 37.6 Å². The Labute approximate surface area is 162 Å². The first-order valence-corrected chi connectivity index (χ1v) is 9.28. The van der Waals surface area contributed by atoms with E-state index in [1.165, 1.54) is 29.8 Å². The van der Waals surface area contributed by atoms with Crippen LogP contribution in [0, 0.1) is 5.82 Å². The average molecular weight is 379 g/mol. The van der Waals surface area contributed by atoms with E-state index < -0.39 is 5.91 Å². The maximum Gasteiger partial charge on any atom is 0.276 e. The number of benzene rings is 2. The molecule has 1 heterocycles. The van der Waals surface area contributed by atoms with Gasteiger partial charge in [-0.3, -0.25) is 9.59 Å². The molecule has 0 aliphatic heterocycles. The predicted molar refractivity (Wildman–Crippen MR) is 107 cm³/mol. The Hall–Kier alpha value is -3.28. The molecule has 0 atom stereocenters. The number of rotatable bonds is 7. The molecule has 1 aromatic heterocycles. The number of aromatic nitrogens is 2. The standard InChI is InChI=1S/C22H22FN3O2/c1-2-3-5-16-8-10-19(11-9-16)24-22(28)20-12-13-21(27)26(25-20)15-17-6-4-7-18(23)14-17/h4,6-14H,2-3,5,15H2,1H3,(H,24,28). The molecule has 0 fully saturated rings. The molecule has 0 bridgehead atoms. The zero-order valence-electron chi connectivity index (χ0n) is 15.7. The molecule has 28 heavy (non-hydrogen) atoms. The summed E-state index contributed by atoms with van der Waals surface area (Å²) in [5.41, 5.74) is 2.23. The molecule has 5 nitrogen and oxygen atoms in total. The van der Waals surface area contributed by atoms with E-state index in [1.54, 1.807) is 12.1 Å². The van der Waals surface area contributed by atoms with E-state index in [4.69, 9.17) is 0 Å². The van der Waals surface area contributed by atoms with E-state index in [-0.39, 0.29) is 23.6 Å². The van der Waals surface area contributed by atoms with Crippen LogP contribution in [0.4, 0.5) is 10.1 Å². The first-order chi connectivity index (χ1) is 13.5. The van der Waals surface area contributed by atoms with Gasteiger partial charge in [0.05, 0.1) is 6.54 Å². The van der Waals surface area contributed by atoms with Crippen LogP contribution in [0.25, 0.3) is 0 Å². The number of hydrogen-bond donors (Lipinski definition) is 1. The zero-order valence-corrected chi connectivity index (χ0v) is 15.7. The van der Waals surface area contributed by atoms with Crippen molar-refractivity contribution < 1.29 is 9.18 Å².